The molecule has 0 aromatic rings. The summed E-state index contributed by atoms with van der Waals surface area (Å²) in [5, 5.41) is 5.98. The Labute approximate surface area is 131 Å². The van der Waals surface area contributed by atoms with Crippen molar-refractivity contribution in [2.75, 3.05) is 7.05 Å². The van der Waals surface area contributed by atoms with Crippen molar-refractivity contribution in [3.8, 4) is 0 Å². The summed E-state index contributed by atoms with van der Waals surface area (Å²) in [5.74, 6) is -0.413. The van der Waals surface area contributed by atoms with E-state index in [1.54, 1.807) is 7.05 Å². The maximum Gasteiger partial charge on any atom is 0.254 e. The molecule has 0 spiro atoms. The fourth-order valence-electron chi connectivity index (χ4n) is 5.36. The molecule has 1 amide bonds. The Kier molecular flexibility index (Phi) is 2.98. The number of rotatable bonds is 1. The monoisotopic (exact) mass is 304 g/mol. The molecule has 2 unspecified atom stereocenters. The maximum absolute atomic E-state index is 12.6. The molecule has 2 fully saturated rings. The number of hydrazone groups is 1. The number of hydrogen-bond donors (Lipinski definition) is 0. The lowest BCUT2D eigenvalue weighted by Gasteiger charge is -2.56. The zero-order valence-corrected chi connectivity index (χ0v) is 14.0. The van der Waals surface area contributed by atoms with Gasteiger partial charge in [-0.15, -0.1) is 0 Å². The number of hydrogen-bond acceptors (Lipinski definition) is 4. The van der Waals surface area contributed by atoms with Crippen molar-refractivity contribution in [2.45, 2.75) is 47.0 Å². The van der Waals surface area contributed by atoms with E-state index >= 15 is 0 Å². The summed E-state index contributed by atoms with van der Waals surface area (Å²) in [4.78, 5) is 36.6. The maximum atomic E-state index is 12.6. The standard InChI is InChI=1S/C17H24N2O3/c1-15(2)11-6-7-16(3)13(18-19(5)14(16)22)17(11,4)8-10(9-20)12(15)21/h9-11H,6-8H2,1-5H3/t10?,11-,16?,17-/m0/s1. The first-order chi connectivity index (χ1) is 10.1. The van der Waals surface area contributed by atoms with Gasteiger partial charge in [-0.25, -0.2) is 5.01 Å². The number of carbonyl (C=O) groups excluding carboxylic acids is 3. The second kappa shape index (κ2) is 4.27. The molecule has 3 aliphatic rings. The number of carbonyl (C=O) groups is 3. The van der Waals surface area contributed by atoms with Gasteiger partial charge >= 0.3 is 0 Å². The quantitative estimate of drug-likeness (QED) is 0.550. The van der Waals surface area contributed by atoms with Gasteiger partial charge in [0.2, 0.25) is 0 Å². The number of ketones is 1. The normalized spacial score (nSPS) is 43.5. The third-order valence-corrected chi connectivity index (χ3v) is 6.43. The van der Waals surface area contributed by atoms with Gasteiger partial charge in [-0.2, -0.15) is 5.10 Å². The topological polar surface area (TPSA) is 66.8 Å². The minimum Gasteiger partial charge on any atom is -0.303 e. The van der Waals surface area contributed by atoms with Crippen LogP contribution >= 0.6 is 0 Å². The highest BCUT2D eigenvalue weighted by Crippen LogP contribution is 2.61. The molecule has 0 saturated heterocycles. The second-order valence-corrected chi connectivity index (χ2v) is 8.15. The lowest BCUT2D eigenvalue weighted by Crippen LogP contribution is -2.60. The van der Waals surface area contributed by atoms with Crippen molar-refractivity contribution < 1.29 is 14.4 Å². The molecule has 0 N–H and O–H groups in total. The van der Waals surface area contributed by atoms with Crippen LogP contribution in [-0.2, 0) is 14.4 Å². The minimum atomic E-state index is -0.595. The van der Waals surface area contributed by atoms with Gasteiger partial charge in [0.05, 0.1) is 17.0 Å². The van der Waals surface area contributed by atoms with E-state index in [2.05, 4.69) is 12.0 Å². The Hall–Kier alpha value is -1.52. The number of nitrogens with zero attached hydrogens (tertiary/aromatic N) is 2. The lowest BCUT2D eigenvalue weighted by molar-refractivity contribution is -0.148. The van der Waals surface area contributed by atoms with Crippen molar-refractivity contribution in [3.05, 3.63) is 0 Å². The first kappa shape index (κ1) is 15.4. The van der Waals surface area contributed by atoms with Crippen LogP contribution in [0.3, 0.4) is 0 Å². The minimum absolute atomic E-state index is 0.0273. The second-order valence-electron chi connectivity index (χ2n) is 8.15. The zero-order valence-electron chi connectivity index (χ0n) is 14.0. The van der Waals surface area contributed by atoms with Crippen LogP contribution in [0.15, 0.2) is 5.10 Å². The van der Waals surface area contributed by atoms with Crippen LogP contribution in [-0.4, -0.2) is 35.7 Å². The van der Waals surface area contributed by atoms with Crippen LogP contribution in [0.25, 0.3) is 0 Å². The van der Waals surface area contributed by atoms with E-state index in [1.165, 1.54) is 5.01 Å². The van der Waals surface area contributed by atoms with Crippen LogP contribution in [0, 0.1) is 28.1 Å². The highest BCUT2D eigenvalue weighted by molar-refractivity contribution is 6.15. The summed E-state index contributed by atoms with van der Waals surface area (Å²) < 4.78 is 0. The van der Waals surface area contributed by atoms with Gasteiger partial charge in [-0.3, -0.25) is 9.59 Å². The van der Waals surface area contributed by atoms with Crippen molar-refractivity contribution in [3.63, 3.8) is 0 Å². The SMILES string of the molecule is CN1N=C2C(C)(CC[C@H]3C(C)(C)C(=O)C(C=O)C[C@]23C)C1=O. The van der Waals surface area contributed by atoms with E-state index < -0.39 is 16.7 Å². The average Bonchev–Trinajstić information content (AvgIpc) is 2.68. The molecule has 0 aromatic carbocycles. The molecule has 120 valence electrons. The fourth-order valence-corrected chi connectivity index (χ4v) is 5.36. The summed E-state index contributed by atoms with van der Waals surface area (Å²) >= 11 is 0. The van der Waals surface area contributed by atoms with Crippen molar-refractivity contribution in [2.24, 2.45) is 33.2 Å². The van der Waals surface area contributed by atoms with E-state index in [1.807, 2.05) is 20.8 Å². The number of Topliss-reactive ketones (excluding diaryl/α,β-unsaturated/α-hetero) is 1. The predicted molar refractivity (Wildman–Crippen MR) is 82.1 cm³/mol. The molecule has 2 saturated carbocycles. The Bertz CT molecular complexity index is 609. The molecule has 1 heterocycles. The Morgan fingerprint density at radius 1 is 1.23 bits per heavy atom. The molecule has 2 aliphatic carbocycles. The molecule has 1 aliphatic heterocycles. The first-order valence-electron chi connectivity index (χ1n) is 7.96. The molecule has 5 heteroatoms. The van der Waals surface area contributed by atoms with Gasteiger partial charge < -0.3 is 4.79 Å². The van der Waals surface area contributed by atoms with Crippen LogP contribution < -0.4 is 0 Å². The number of amides is 1. The molecule has 0 bridgehead atoms. The van der Waals surface area contributed by atoms with Gasteiger partial charge in [-0.1, -0.05) is 20.8 Å². The number of aldehydes is 1. The third kappa shape index (κ3) is 1.60. The fraction of sp³-hybridized carbons (Fsp3) is 0.765. The molecule has 3 rings (SSSR count). The summed E-state index contributed by atoms with van der Waals surface area (Å²) in [6, 6.07) is 0. The Balaban J connectivity index is 2.15. The molecule has 4 atom stereocenters. The van der Waals surface area contributed by atoms with Crippen LogP contribution in [0.2, 0.25) is 0 Å². The largest absolute Gasteiger partial charge is 0.303 e. The molecule has 0 aromatic heterocycles. The molecule has 0 radical (unpaired) electrons. The van der Waals surface area contributed by atoms with E-state index in [-0.39, 0.29) is 23.0 Å². The summed E-state index contributed by atoms with van der Waals surface area (Å²) in [6.07, 6.45) is 2.78. The van der Waals surface area contributed by atoms with Crippen molar-refractivity contribution >= 4 is 23.7 Å². The summed E-state index contributed by atoms with van der Waals surface area (Å²) in [7, 11) is 1.69. The molecular formula is C17H24N2O3. The van der Waals surface area contributed by atoms with E-state index in [9.17, 15) is 14.4 Å². The van der Waals surface area contributed by atoms with Gasteiger partial charge in [0, 0.05) is 17.9 Å². The highest BCUT2D eigenvalue weighted by Gasteiger charge is 2.65. The third-order valence-electron chi connectivity index (χ3n) is 6.43. The van der Waals surface area contributed by atoms with Crippen LogP contribution in [0.5, 0.6) is 0 Å². The molecule has 22 heavy (non-hydrogen) atoms. The van der Waals surface area contributed by atoms with Gasteiger partial charge in [0.1, 0.15) is 12.1 Å². The number of fused-ring (bicyclic) bond motifs is 3. The van der Waals surface area contributed by atoms with Gasteiger partial charge in [0.15, 0.2) is 0 Å². The van der Waals surface area contributed by atoms with Crippen molar-refractivity contribution in [1.82, 2.24) is 5.01 Å². The van der Waals surface area contributed by atoms with Crippen LogP contribution in [0.1, 0.15) is 47.0 Å². The van der Waals surface area contributed by atoms with Crippen LogP contribution in [0.4, 0.5) is 0 Å². The van der Waals surface area contributed by atoms with E-state index in [0.717, 1.165) is 24.8 Å². The smallest absolute Gasteiger partial charge is 0.254 e. The van der Waals surface area contributed by atoms with Gasteiger partial charge in [-0.05, 0) is 32.1 Å². The zero-order chi connectivity index (χ0) is 16.5. The van der Waals surface area contributed by atoms with E-state index in [0.29, 0.717) is 6.42 Å². The van der Waals surface area contributed by atoms with Gasteiger partial charge in [0.25, 0.3) is 5.91 Å². The van der Waals surface area contributed by atoms with E-state index in [4.69, 9.17) is 0 Å². The highest BCUT2D eigenvalue weighted by atomic mass is 16.2. The summed E-state index contributed by atoms with van der Waals surface area (Å²) in [5.41, 5.74) is -0.649. The summed E-state index contributed by atoms with van der Waals surface area (Å²) in [6.45, 7) is 7.93. The Morgan fingerprint density at radius 2 is 1.86 bits per heavy atom. The predicted octanol–water partition coefficient (Wildman–Crippen LogP) is 2.05. The average molecular weight is 304 g/mol. The van der Waals surface area contributed by atoms with Crippen molar-refractivity contribution in [1.29, 1.82) is 0 Å². The first-order valence-corrected chi connectivity index (χ1v) is 7.96. The lowest BCUT2D eigenvalue weighted by atomic mass is 9.45. The molecular weight excluding hydrogens is 280 g/mol. The molecule has 5 nitrogen and oxygen atoms in total. The Morgan fingerprint density at radius 3 is 2.45 bits per heavy atom.